The molecular weight excluding hydrogens is 350 g/mol. The number of nitrogens with zero attached hydrogens (tertiary/aromatic N) is 3. The molecule has 1 aliphatic heterocycles. The summed E-state index contributed by atoms with van der Waals surface area (Å²) in [4.78, 5) is 20.3. The fourth-order valence-electron chi connectivity index (χ4n) is 4.99. The number of aliphatic hydroxyl groups is 1. The van der Waals surface area contributed by atoms with Crippen LogP contribution in [0.15, 0.2) is 29.1 Å². The predicted octanol–water partition coefficient (Wildman–Crippen LogP) is 3.37. The molecule has 152 valence electrons. The molecule has 28 heavy (non-hydrogen) atoms. The molecule has 1 saturated carbocycles. The van der Waals surface area contributed by atoms with Crippen LogP contribution in [-0.2, 0) is 13.0 Å². The Bertz CT molecular complexity index is 862. The van der Waals surface area contributed by atoms with E-state index < -0.39 is 5.60 Å². The number of hydrogen-bond donors (Lipinski definition) is 1. The van der Waals surface area contributed by atoms with E-state index in [1.54, 1.807) is 4.57 Å². The van der Waals surface area contributed by atoms with E-state index in [1.807, 2.05) is 31.2 Å². The predicted molar refractivity (Wildman–Crippen MR) is 113 cm³/mol. The van der Waals surface area contributed by atoms with Gasteiger partial charge in [0.15, 0.2) is 0 Å². The van der Waals surface area contributed by atoms with Gasteiger partial charge in [0.1, 0.15) is 5.82 Å². The molecule has 5 nitrogen and oxygen atoms in total. The van der Waals surface area contributed by atoms with Crippen molar-refractivity contribution in [1.82, 2.24) is 14.5 Å². The first-order valence-corrected chi connectivity index (χ1v) is 11.0. The Morgan fingerprint density at radius 2 is 1.86 bits per heavy atom. The van der Waals surface area contributed by atoms with E-state index in [4.69, 9.17) is 0 Å². The Morgan fingerprint density at radius 1 is 1.14 bits per heavy atom. The summed E-state index contributed by atoms with van der Waals surface area (Å²) in [5.74, 6) is 1.60. The van der Waals surface area contributed by atoms with Crippen molar-refractivity contribution < 1.29 is 5.11 Å². The van der Waals surface area contributed by atoms with Gasteiger partial charge in [-0.25, -0.2) is 4.98 Å². The van der Waals surface area contributed by atoms with E-state index in [0.717, 1.165) is 43.2 Å². The third-order valence-electron chi connectivity index (χ3n) is 6.74. The summed E-state index contributed by atoms with van der Waals surface area (Å²) in [6, 6.07) is 7.50. The van der Waals surface area contributed by atoms with Crippen LogP contribution < -0.4 is 5.56 Å². The molecule has 0 atom stereocenters. The molecule has 4 rings (SSSR count). The Kier molecular flexibility index (Phi) is 5.83. The van der Waals surface area contributed by atoms with Gasteiger partial charge < -0.3 is 10.0 Å². The normalized spacial score (nSPS) is 21.2. The monoisotopic (exact) mass is 383 g/mol. The van der Waals surface area contributed by atoms with Crippen LogP contribution >= 0.6 is 0 Å². The van der Waals surface area contributed by atoms with Gasteiger partial charge in [0, 0.05) is 26.1 Å². The lowest BCUT2D eigenvalue weighted by Crippen LogP contribution is -2.49. The van der Waals surface area contributed by atoms with Crippen LogP contribution in [0.4, 0.5) is 0 Å². The van der Waals surface area contributed by atoms with E-state index in [1.165, 1.54) is 38.6 Å². The van der Waals surface area contributed by atoms with Crippen LogP contribution in [0.25, 0.3) is 10.9 Å². The topological polar surface area (TPSA) is 58.4 Å². The second-order valence-electron chi connectivity index (χ2n) is 8.82. The smallest absolute Gasteiger partial charge is 0.261 e. The number of rotatable bonds is 5. The molecule has 1 aromatic carbocycles. The van der Waals surface area contributed by atoms with Crippen LogP contribution in [0, 0.1) is 5.92 Å². The Hall–Kier alpha value is -1.72. The van der Waals surface area contributed by atoms with Gasteiger partial charge in [-0.05, 0) is 43.7 Å². The van der Waals surface area contributed by atoms with Crippen molar-refractivity contribution >= 4 is 10.9 Å². The molecular formula is C23H33N3O2. The molecule has 2 heterocycles. The SMILES string of the molecule is CCc1nc2ccccc2c(=O)n1CC1(O)CCN(CC2CCCCC2)CC1. The first kappa shape index (κ1) is 19.6. The van der Waals surface area contributed by atoms with Gasteiger partial charge in [-0.2, -0.15) is 0 Å². The maximum absolute atomic E-state index is 13.1. The van der Waals surface area contributed by atoms with Crippen molar-refractivity contribution in [3.8, 4) is 0 Å². The van der Waals surface area contributed by atoms with E-state index >= 15 is 0 Å². The van der Waals surface area contributed by atoms with Gasteiger partial charge in [0.05, 0.1) is 23.0 Å². The molecule has 2 aromatic rings. The molecule has 2 aliphatic rings. The minimum Gasteiger partial charge on any atom is -0.388 e. The average molecular weight is 384 g/mol. The van der Waals surface area contributed by atoms with Crippen molar-refractivity contribution in [1.29, 1.82) is 0 Å². The number of aryl methyl sites for hydroxylation is 1. The Labute approximate surface area is 167 Å². The van der Waals surface area contributed by atoms with Gasteiger partial charge in [-0.3, -0.25) is 9.36 Å². The highest BCUT2D eigenvalue weighted by atomic mass is 16.3. The zero-order valence-corrected chi connectivity index (χ0v) is 17.1. The first-order valence-electron chi connectivity index (χ1n) is 11.0. The minimum atomic E-state index is -0.819. The highest BCUT2D eigenvalue weighted by Crippen LogP contribution is 2.28. The van der Waals surface area contributed by atoms with Gasteiger partial charge in [-0.15, -0.1) is 0 Å². The molecule has 1 aliphatic carbocycles. The maximum Gasteiger partial charge on any atom is 0.261 e. The van der Waals surface area contributed by atoms with Gasteiger partial charge in [-0.1, -0.05) is 38.3 Å². The molecule has 0 radical (unpaired) electrons. The van der Waals surface area contributed by atoms with Crippen molar-refractivity contribution in [3.63, 3.8) is 0 Å². The number of piperidine rings is 1. The van der Waals surface area contributed by atoms with Gasteiger partial charge in [0.25, 0.3) is 5.56 Å². The molecule has 0 amide bonds. The number of aromatic nitrogens is 2. The van der Waals surface area contributed by atoms with Crippen molar-refractivity contribution in [2.24, 2.45) is 5.92 Å². The largest absolute Gasteiger partial charge is 0.388 e. The molecule has 2 fully saturated rings. The number of likely N-dealkylation sites (tertiary alicyclic amines) is 1. The fourth-order valence-corrected chi connectivity index (χ4v) is 4.99. The third-order valence-corrected chi connectivity index (χ3v) is 6.74. The number of hydrogen-bond acceptors (Lipinski definition) is 4. The van der Waals surface area contributed by atoms with Gasteiger partial charge >= 0.3 is 0 Å². The summed E-state index contributed by atoms with van der Waals surface area (Å²) in [7, 11) is 0. The Balaban J connectivity index is 1.47. The highest BCUT2D eigenvalue weighted by Gasteiger charge is 2.34. The van der Waals surface area contributed by atoms with Crippen LogP contribution in [0.2, 0.25) is 0 Å². The summed E-state index contributed by atoms with van der Waals surface area (Å²) in [5, 5.41) is 11.9. The first-order chi connectivity index (χ1) is 13.6. The van der Waals surface area contributed by atoms with E-state index in [9.17, 15) is 9.90 Å². The van der Waals surface area contributed by atoms with Crippen molar-refractivity contribution in [3.05, 3.63) is 40.4 Å². The number of benzene rings is 1. The van der Waals surface area contributed by atoms with Crippen LogP contribution in [0.1, 0.15) is 57.7 Å². The molecule has 0 unspecified atom stereocenters. The molecule has 0 bridgehead atoms. The molecule has 1 aromatic heterocycles. The fraction of sp³-hybridized carbons (Fsp3) is 0.652. The molecule has 0 spiro atoms. The lowest BCUT2D eigenvalue weighted by Gasteiger charge is -2.40. The van der Waals surface area contributed by atoms with Crippen LogP contribution in [0.5, 0.6) is 0 Å². The second-order valence-corrected chi connectivity index (χ2v) is 8.82. The summed E-state index contributed by atoms with van der Waals surface area (Å²) in [6.45, 7) is 5.39. The van der Waals surface area contributed by atoms with Gasteiger partial charge in [0.2, 0.25) is 0 Å². The zero-order chi connectivity index (χ0) is 19.6. The zero-order valence-electron chi connectivity index (χ0n) is 17.1. The van der Waals surface area contributed by atoms with Crippen molar-refractivity contribution in [2.45, 2.75) is 70.4 Å². The molecule has 5 heteroatoms. The van der Waals surface area contributed by atoms with Crippen molar-refractivity contribution in [2.75, 3.05) is 19.6 Å². The minimum absolute atomic E-state index is 0.0273. The summed E-state index contributed by atoms with van der Waals surface area (Å²) < 4.78 is 1.72. The Morgan fingerprint density at radius 3 is 2.57 bits per heavy atom. The number of fused-ring (bicyclic) bond motifs is 1. The maximum atomic E-state index is 13.1. The molecule has 1 saturated heterocycles. The average Bonchev–Trinajstić information content (AvgIpc) is 2.73. The number of para-hydroxylation sites is 1. The highest BCUT2D eigenvalue weighted by molar-refractivity contribution is 5.77. The second kappa shape index (κ2) is 8.34. The lowest BCUT2D eigenvalue weighted by atomic mass is 9.86. The summed E-state index contributed by atoms with van der Waals surface area (Å²) >= 11 is 0. The standard InChI is InChI=1S/C23H33N3O2/c1-2-21-24-20-11-7-6-10-19(20)22(27)26(21)17-23(28)12-14-25(15-13-23)16-18-8-4-3-5-9-18/h6-7,10-11,18,28H,2-5,8-9,12-17H2,1H3. The summed E-state index contributed by atoms with van der Waals surface area (Å²) in [5.41, 5.74) is -0.101. The third kappa shape index (κ3) is 4.15. The molecule has 1 N–H and O–H groups in total. The lowest BCUT2D eigenvalue weighted by molar-refractivity contribution is -0.0387. The van der Waals surface area contributed by atoms with E-state index in [-0.39, 0.29) is 5.56 Å². The quantitative estimate of drug-likeness (QED) is 0.860. The van der Waals surface area contributed by atoms with Crippen LogP contribution in [0.3, 0.4) is 0 Å². The summed E-state index contributed by atoms with van der Waals surface area (Å²) in [6.07, 6.45) is 9.00. The van der Waals surface area contributed by atoms with Crippen LogP contribution in [-0.4, -0.2) is 44.8 Å². The van der Waals surface area contributed by atoms with E-state index in [0.29, 0.717) is 18.4 Å². The van der Waals surface area contributed by atoms with E-state index in [2.05, 4.69) is 9.88 Å².